The van der Waals surface area contributed by atoms with Gasteiger partial charge in [0, 0.05) is 11.0 Å². The molecule has 4 aliphatic carbocycles. The smallest absolute Gasteiger partial charge is 0.342 e. The van der Waals surface area contributed by atoms with Gasteiger partial charge in [-0.05, 0) is 77.0 Å². The number of hydrogen-bond acceptors (Lipinski definition) is 4. The second-order valence-corrected chi connectivity index (χ2v) is 8.41. The summed E-state index contributed by atoms with van der Waals surface area (Å²) < 4.78 is 10.9. The second kappa shape index (κ2) is 5.47. The summed E-state index contributed by atoms with van der Waals surface area (Å²) in [6.45, 7) is 5.36. The zero-order valence-electron chi connectivity index (χ0n) is 14.8. The number of furan rings is 1. The summed E-state index contributed by atoms with van der Waals surface area (Å²) in [6.07, 6.45) is 6.95. The molecular weight excluding hydrogens is 304 g/mol. The summed E-state index contributed by atoms with van der Waals surface area (Å²) >= 11 is 0. The molecule has 0 spiro atoms. The molecule has 24 heavy (non-hydrogen) atoms. The average molecular weight is 330 g/mol. The van der Waals surface area contributed by atoms with Crippen LogP contribution in [0.4, 0.5) is 0 Å². The van der Waals surface area contributed by atoms with Crippen molar-refractivity contribution in [3.8, 4) is 0 Å². The average Bonchev–Trinajstić information content (AvgIpc) is 2.76. The van der Waals surface area contributed by atoms with E-state index >= 15 is 0 Å². The third kappa shape index (κ3) is 2.42. The largest absolute Gasteiger partial charge is 0.465 e. The highest BCUT2D eigenvalue weighted by Crippen LogP contribution is 2.60. The third-order valence-electron chi connectivity index (χ3n) is 6.73. The van der Waals surface area contributed by atoms with Crippen LogP contribution in [0.3, 0.4) is 0 Å². The number of aryl methyl sites for hydroxylation is 2. The highest BCUT2D eigenvalue weighted by Gasteiger charge is 2.54. The fourth-order valence-corrected chi connectivity index (χ4v) is 5.90. The molecule has 4 fully saturated rings. The van der Waals surface area contributed by atoms with E-state index in [0.717, 1.165) is 48.3 Å². The van der Waals surface area contributed by atoms with Crippen molar-refractivity contribution in [3.05, 3.63) is 22.6 Å². The van der Waals surface area contributed by atoms with Crippen molar-refractivity contribution in [3.63, 3.8) is 0 Å². The summed E-state index contributed by atoms with van der Waals surface area (Å²) in [7, 11) is 0. The minimum Gasteiger partial charge on any atom is -0.465 e. The van der Waals surface area contributed by atoms with E-state index in [1.165, 1.54) is 19.3 Å². The van der Waals surface area contributed by atoms with E-state index in [1.807, 2.05) is 13.8 Å². The molecule has 130 valence electrons. The highest BCUT2D eigenvalue weighted by atomic mass is 16.5. The van der Waals surface area contributed by atoms with Crippen LogP contribution in [0.1, 0.15) is 66.0 Å². The maximum absolute atomic E-state index is 12.9. The summed E-state index contributed by atoms with van der Waals surface area (Å²) in [5.74, 6) is 3.17. The van der Waals surface area contributed by atoms with Gasteiger partial charge in [0.05, 0.1) is 0 Å². The molecule has 0 N–H and O–H groups in total. The molecule has 1 heterocycles. The van der Waals surface area contributed by atoms with E-state index in [4.69, 9.17) is 9.15 Å². The topological polar surface area (TPSA) is 56.5 Å². The van der Waals surface area contributed by atoms with Crippen LogP contribution < -0.4 is 0 Å². The first kappa shape index (κ1) is 15.9. The Hall–Kier alpha value is -1.58. The Morgan fingerprint density at radius 2 is 1.54 bits per heavy atom. The van der Waals surface area contributed by atoms with Gasteiger partial charge in [-0.25, -0.2) is 4.79 Å². The number of carbonyl (C=O) groups excluding carboxylic acids is 2. The van der Waals surface area contributed by atoms with E-state index in [0.29, 0.717) is 11.3 Å². The van der Waals surface area contributed by atoms with Crippen LogP contribution in [0.15, 0.2) is 4.42 Å². The lowest BCUT2D eigenvalue weighted by Crippen LogP contribution is -2.51. The van der Waals surface area contributed by atoms with Gasteiger partial charge in [0.2, 0.25) is 0 Å². The Balaban J connectivity index is 1.44. The van der Waals surface area contributed by atoms with Gasteiger partial charge in [0.1, 0.15) is 17.1 Å². The number of rotatable bonds is 4. The Morgan fingerprint density at radius 1 is 1.00 bits per heavy atom. The normalized spacial score (nSPS) is 33.7. The first-order valence-corrected chi connectivity index (χ1v) is 9.15. The minimum atomic E-state index is -0.431. The van der Waals surface area contributed by atoms with Gasteiger partial charge in [-0.3, -0.25) is 4.79 Å². The molecule has 4 heteroatoms. The molecule has 4 aliphatic rings. The lowest BCUT2D eigenvalue weighted by Gasteiger charge is -2.55. The molecule has 5 rings (SSSR count). The molecule has 1 aromatic rings. The van der Waals surface area contributed by atoms with E-state index in [1.54, 1.807) is 6.92 Å². The number of Topliss-reactive ketones (excluding diaryl/α,β-unsaturated/α-hetero) is 1. The summed E-state index contributed by atoms with van der Waals surface area (Å²) in [5.41, 5.74) is 1.08. The van der Waals surface area contributed by atoms with E-state index in [2.05, 4.69) is 0 Å². The summed E-state index contributed by atoms with van der Waals surface area (Å²) in [5, 5.41) is 0. The van der Waals surface area contributed by atoms with Gasteiger partial charge >= 0.3 is 5.97 Å². The van der Waals surface area contributed by atoms with E-state index < -0.39 is 5.97 Å². The molecule has 0 radical (unpaired) electrons. The third-order valence-corrected chi connectivity index (χ3v) is 6.73. The Labute approximate surface area is 142 Å². The predicted molar refractivity (Wildman–Crippen MR) is 88.8 cm³/mol. The fourth-order valence-electron chi connectivity index (χ4n) is 5.90. The van der Waals surface area contributed by atoms with E-state index in [-0.39, 0.29) is 17.8 Å². The zero-order valence-corrected chi connectivity index (χ0v) is 14.8. The van der Waals surface area contributed by atoms with Crippen molar-refractivity contribution in [1.82, 2.24) is 0 Å². The highest BCUT2D eigenvalue weighted by molar-refractivity contribution is 5.95. The number of esters is 1. The van der Waals surface area contributed by atoms with Crippen LogP contribution >= 0.6 is 0 Å². The second-order valence-electron chi connectivity index (χ2n) is 8.41. The lowest BCUT2D eigenvalue weighted by molar-refractivity contribution is -0.147. The first-order valence-electron chi connectivity index (χ1n) is 9.15. The zero-order chi connectivity index (χ0) is 17.1. The molecule has 0 aromatic carbocycles. The van der Waals surface area contributed by atoms with Crippen molar-refractivity contribution in [2.24, 2.45) is 23.2 Å². The van der Waals surface area contributed by atoms with Gasteiger partial charge in [-0.2, -0.15) is 0 Å². The van der Waals surface area contributed by atoms with E-state index in [9.17, 15) is 9.59 Å². The van der Waals surface area contributed by atoms with Crippen LogP contribution in [0.25, 0.3) is 0 Å². The monoisotopic (exact) mass is 330 g/mol. The Bertz CT molecular complexity index is 661. The van der Waals surface area contributed by atoms with Gasteiger partial charge in [0.15, 0.2) is 12.4 Å². The predicted octanol–water partition coefficient (Wildman–Crippen LogP) is 4.15. The molecule has 4 bridgehead atoms. The molecule has 4 saturated carbocycles. The van der Waals surface area contributed by atoms with Crippen LogP contribution in [-0.2, 0) is 9.53 Å². The van der Waals surface area contributed by atoms with Crippen molar-refractivity contribution in [1.29, 1.82) is 0 Å². The summed E-state index contributed by atoms with van der Waals surface area (Å²) in [6, 6.07) is 0. The van der Waals surface area contributed by atoms with Crippen LogP contribution in [-0.4, -0.2) is 18.4 Å². The summed E-state index contributed by atoms with van der Waals surface area (Å²) in [4.78, 5) is 25.3. The molecule has 0 saturated heterocycles. The molecule has 0 unspecified atom stereocenters. The van der Waals surface area contributed by atoms with Gasteiger partial charge in [-0.1, -0.05) is 0 Å². The number of ether oxygens (including phenoxy) is 1. The maximum atomic E-state index is 12.9. The molecular formula is C20H26O4. The van der Waals surface area contributed by atoms with Crippen LogP contribution in [0.2, 0.25) is 0 Å². The number of hydrogen-bond donors (Lipinski definition) is 0. The maximum Gasteiger partial charge on any atom is 0.342 e. The molecule has 0 atom stereocenters. The SMILES string of the molecule is Cc1oc(C)c(C(=O)OCC(=O)C23CC4CC(CC(C4)C2)C3)c1C. The molecule has 1 aromatic heterocycles. The standard InChI is InChI=1S/C20H26O4/c1-11-12(2)24-13(3)18(11)19(22)23-10-17(21)20-7-14-4-15(8-20)6-16(5-14)9-20/h14-16H,4-10H2,1-3H3. The Morgan fingerprint density at radius 3 is 2.00 bits per heavy atom. The van der Waals surface area contributed by atoms with Crippen molar-refractivity contribution >= 4 is 11.8 Å². The molecule has 0 amide bonds. The van der Waals surface area contributed by atoms with Crippen LogP contribution in [0, 0.1) is 43.9 Å². The van der Waals surface area contributed by atoms with Gasteiger partial charge in [0.25, 0.3) is 0 Å². The minimum absolute atomic E-state index is 0.0892. The number of carbonyl (C=O) groups is 2. The van der Waals surface area contributed by atoms with Gasteiger partial charge in [-0.15, -0.1) is 0 Å². The quantitative estimate of drug-likeness (QED) is 0.778. The van der Waals surface area contributed by atoms with Gasteiger partial charge < -0.3 is 9.15 Å². The van der Waals surface area contributed by atoms with Crippen LogP contribution in [0.5, 0.6) is 0 Å². The first-order chi connectivity index (χ1) is 11.4. The van der Waals surface area contributed by atoms with Crippen molar-refractivity contribution < 1.29 is 18.7 Å². The van der Waals surface area contributed by atoms with Crippen molar-refractivity contribution in [2.75, 3.05) is 6.61 Å². The molecule has 0 aliphatic heterocycles. The lowest BCUT2D eigenvalue weighted by atomic mass is 9.48. The van der Waals surface area contributed by atoms with Crippen molar-refractivity contribution in [2.45, 2.75) is 59.3 Å². The fraction of sp³-hybridized carbons (Fsp3) is 0.700. The molecule has 4 nitrogen and oxygen atoms in total. The number of ketones is 1. The Kier molecular flexibility index (Phi) is 3.63.